The summed E-state index contributed by atoms with van der Waals surface area (Å²) in [6.07, 6.45) is 0.813. The van der Waals surface area contributed by atoms with Gasteiger partial charge >= 0.3 is 0 Å². The number of nitrogens with one attached hydrogen (secondary N) is 1. The lowest BCUT2D eigenvalue weighted by Crippen LogP contribution is -2.51. The molecule has 6 heteroatoms. The van der Waals surface area contributed by atoms with E-state index in [1.165, 1.54) is 6.07 Å². The van der Waals surface area contributed by atoms with Crippen LogP contribution in [0.2, 0.25) is 0 Å². The largest absolute Gasteiger partial charge is 0.329 e. The van der Waals surface area contributed by atoms with Crippen LogP contribution in [0.3, 0.4) is 0 Å². The van der Waals surface area contributed by atoms with E-state index in [0.717, 1.165) is 11.0 Å². The van der Waals surface area contributed by atoms with E-state index in [2.05, 4.69) is 11.9 Å². The van der Waals surface area contributed by atoms with Gasteiger partial charge in [0.05, 0.1) is 11.1 Å². The number of fused-ring (bicyclic) bond motifs is 1. The van der Waals surface area contributed by atoms with Gasteiger partial charge in [0.2, 0.25) is 5.91 Å². The molecule has 0 aliphatic carbocycles. The van der Waals surface area contributed by atoms with E-state index < -0.39 is 35.0 Å². The second kappa shape index (κ2) is 5.26. The van der Waals surface area contributed by atoms with Crippen LogP contribution in [0.15, 0.2) is 24.4 Å². The Kier molecular flexibility index (Phi) is 3.59. The molecule has 2 heterocycles. The van der Waals surface area contributed by atoms with Crippen LogP contribution in [-0.4, -0.2) is 28.7 Å². The minimum Gasteiger partial charge on any atom is -0.329 e. The van der Waals surface area contributed by atoms with E-state index in [-0.39, 0.29) is 11.1 Å². The number of carbonyl (C=O) groups is 3. The quantitative estimate of drug-likeness (QED) is 0.805. The fourth-order valence-corrected chi connectivity index (χ4v) is 3.23. The monoisotopic (exact) mass is 330 g/mol. The zero-order chi connectivity index (χ0) is 17.8. The van der Waals surface area contributed by atoms with E-state index >= 15 is 0 Å². The average Bonchev–Trinajstić information content (AvgIpc) is 2.70. The van der Waals surface area contributed by atoms with Gasteiger partial charge in [-0.15, -0.1) is 0 Å². The Morgan fingerprint density at radius 3 is 2.46 bits per heavy atom. The number of imide groups is 1. The van der Waals surface area contributed by atoms with Crippen LogP contribution >= 0.6 is 0 Å². The molecule has 126 valence electrons. The van der Waals surface area contributed by atoms with Crippen LogP contribution in [0.1, 0.15) is 59.9 Å². The third-order valence-electron chi connectivity index (χ3n) is 4.43. The minimum atomic E-state index is -0.890. The van der Waals surface area contributed by atoms with Gasteiger partial charge in [-0.2, -0.15) is 0 Å². The average molecular weight is 330 g/mol. The topological polar surface area (TPSA) is 66.5 Å². The van der Waals surface area contributed by atoms with Crippen molar-refractivity contribution in [2.75, 3.05) is 0 Å². The third kappa shape index (κ3) is 2.42. The molecular weight excluding hydrogens is 311 g/mol. The van der Waals surface area contributed by atoms with Crippen molar-refractivity contribution in [3.05, 3.63) is 46.9 Å². The Bertz CT molecular complexity index is 792. The number of carbonyl (C=O) groups excluding carboxylic acids is 3. The number of rotatable bonds is 1. The fraction of sp³-hybridized carbons (Fsp3) is 0.389. The zero-order valence-corrected chi connectivity index (χ0v) is 13.9. The van der Waals surface area contributed by atoms with Gasteiger partial charge in [0, 0.05) is 5.70 Å². The van der Waals surface area contributed by atoms with Gasteiger partial charge in [-0.25, -0.2) is 4.39 Å². The van der Waals surface area contributed by atoms with E-state index in [0.29, 0.717) is 24.1 Å². The van der Waals surface area contributed by atoms with Crippen molar-refractivity contribution in [1.82, 2.24) is 10.2 Å². The molecule has 1 N–H and O–H groups in total. The number of nitrogens with zero attached hydrogens (tertiary/aromatic N) is 1. The van der Waals surface area contributed by atoms with Crippen LogP contribution in [0.4, 0.5) is 4.39 Å². The first kappa shape index (κ1) is 16.4. The van der Waals surface area contributed by atoms with E-state index in [4.69, 9.17) is 0 Å². The van der Waals surface area contributed by atoms with Gasteiger partial charge in [-0.05, 0) is 36.0 Å². The van der Waals surface area contributed by atoms with Crippen molar-refractivity contribution in [3.63, 3.8) is 0 Å². The maximum Gasteiger partial charge on any atom is 0.262 e. The van der Waals surface area contributed by atoms with Gasteiger partial charge in [-0.3, -0.25) is 19.3 Å². The Balaban J connectivity index is 2.09. The van der Waals surface area contributed by atoms with Crippen LogP contribution in [0.25, 0.3) is 0 Å². The summed E-state index contributed by atoms with van der Waals surface area (Å²) in [4.78, 5) is 38.7. The molecular formula is C18H19FN2O3. The lowest BCUT2D eigenvalue weighted by atomic mass is 9.82. The first-order chi connectivity index (χ1) is 11.1. The highest BCUT2D eigenvalue weighted by atomic mass is 19.1. The Morgan fingerprint density at radius 1 is 1.21 bits per heavy atom. The van der Waals surface area contributed by atoms with Crippen molar-refractivity contribution < 1.29 is 18.8 Å². The van der Waals surface area contributed by atoms with E-state index in [9.17, 15) is 18.8 Å². The number of piperidine rings is 1. The smallest absolute Gasteiger partial charge is 0.262 e. The highest BCUT2D eigenvalue weighted by molar-refractivity contribution is 6.23. The molecule has 0 saturated carbocycles. The van der Waals surface area contributed by atoms with E-state index in [1.54, 1.807) is 0 Å². The van der Waals surface area contributed by atoms with E-state index in [1.807, 2.05) is 20.8 Å². The lowest BCUT2D eigenvalue weighted by molar-refractivity contribution is -0.125. The highest BCUT2D eigenvalue weighted by Gasteiger charge is 2.46. The van der Waals surface area contributed by atoms with Gasteiger partial charge in [0.1, 0.15) is 11.9 Å². The summed E-state index contributed by atoms with van der Waals surface area (Å²) < 4.78 is 14.0. The summed E-state index contributed by atoms with van der Waals surface area (Å²) in [5, 5.41) is 2.58. The summed E-state index contributed by atoms with van der Waals surface area (Å²) in [6, 6.07) is 1.47. The first-order valence-electron chi connectivity index (χ1n) is 7.82. The van der Waals surface area contributed by atoms with Gasteiger partial charge in [-0.1, -0.05) is 27.4 Å². The standard InChI is InChI=1S/C18H19FN2O3/c1-9-5-6-13(15(22)20-9)21-16(23)11-7-10(19)8-12(18(2,3)4)14(11)17(21)24/h7-8,13H,1,5-6H2,2-4H3,(H,20,22). The zero-order valence-electron chi connectivity index (χ0n) is 13.9. The lowest BCUT2D eigenvalue weighted by Gasteiger charge is -2.29. The molecule has 1 saturated heterocycles. The molecule has 1 fully saturated rings. The fourth-order valence-electron chi connectivity index (χ4n) is 3.23. The van der Waals surface area contributed by atoms with Crippen molar-refractivity contribution >= 4 is 17.7 Å². The maximum atomic E-state index is 14.0. The van der Waals surface area contributed by atoms with Crippen LogP contribution in [0, 0.1) is 5.82 Å². The molecule has 1 unspecified atom stereocenters. The number of hydrogen-bond donors (Lipinski definition) is 1. The van der Waals surface area contributed by atoms with Crippen LogP contribution in [-0.2, 0) is 10.2 Å². The molecule has 3 rings (SSSR count). The normalized spacial score (nSPS) is 21.2. The maximum absolute atomic E-state index is 14.0. The number of amides is 3. The molecule has 1 aromatic carbocycles. The predicted octanol–water partition coefficient (Wildman–Crippen LogP) is 2.51. The minimum absolute atomic E-state index is 0.0297. The Morgan fingerprint density at radius 2 is 1.88 bits per heavy atom. The summed E-state index contributed by atoms with van der Waals surface area (Å²) in [5.74, 6) is -2.15. The number of allylic oxidation sites excluding steroid dienone is 1. The van der Waals surface area contributed by atoms with Gasteiger partial charge in [0.25, 0.3) is 11.8 Å². The summed E-state index contributed by atoms with van der Waals surface area (Å²) >= 11 is 0. The Labute approximate surface area is 139 Å². The molecule has 0 spiro atoms. The molecule has 5 nitrogen and oxygen atoms in total. The molecule has 2 aliphatic rings. The molecule has 0 aromatic heterocycles. The first-order valence-corrected chi connectivity index (χ1v) is 7.82. The van der Waals surface area contributed by atoms with Crippen LogP contribution in [0.5, 0.6) is 0 Å². The summed E-state index contributed by atoms with van der Waals surface area (Å²) in [5.41, 5.74) is 0.753. The number of benzene rings is 1. The van der Waals surface area contributed by atoms with Crippen molar-refractivity contribution in [2.45, 2.75) is 45.1 Å². The second-order valence-corrected chi connectivity index (χ2v) is 7.25. The number of halogens is 1. The molecule has 0 bridgehead atoms. The summed E-state index contributed by atoms with van der Waals surface area (Å²) in [7, 11) is 0. The Hall–Kier alpha value is -2.50. The third-order valence-corrected chi connectivity index (χ3v) is 4.43. The van der Waals surface area contributed by atoms with Crippen molar-refractivity contribution in [3.8, 4) is 0 Å². The molecule has 24 heavy (non-hydrogen) atoms. The van der Waals surface area contributed by atoms with Crippen molar-refractivity contribution in [1.29, 1.82) is 0 Å². The molecule has 0 radical (unpaired) electrons. The molecule has 1 atom stereocenters. The summed E-state index contributed by atoms with van der Waals surface area (Å²) in [6.45, 7) is 9.23. The SMILES string of the molecule is C=C1CCC(N2C(=O)c3cc(F)cc(C(C)(C)C)c3C2=O)C(=O)N1. The van der Waals surface area contributed by atoms with Crippen LogP contribution < -0.4 is 5.32 Å². The number of hydrogen-bond acceptors (Lipinski definition) is 3. The van der Waals surface area contributed by atoms with Gasteiger partial charge in [0.15, 0.2) is 0 Å². The predicted molar refractivity (Wildman–Crippen MR) is 85.9 cm³/mol. The molecule has 1 aromatic rings. The second-order valence-electron chi connectivity index (χ2n) is 7.25. The highest BCUT2D eigenvalue weighted by Crippen LogP contribution is 2.36. The van der Waals surface area contributed by atoms with Gasteiger partial charge < -0.3 is 5.32 Å². The van der Waals surface area contributed by atoms with Crippen molar-refractivity contribution in [2.24, 2.45) is 0 Å². The molecule has 2 aliphatic heterocycles. The molecule has 3 amide bonds.